The summed E-state index contributed by atoms with van der Waals surface area (Å²) in [5.74, 6) is 1.15. The van der Waals surface area contributed by atoms with E-state index < -0.39 is 6.43 Å². The van der Waals surface area contributed by atoms with E-state index in [4.69, 9.17) is 11.6 Å². The standard InChI is InChI=1S/C12H17ClF2N2/c1-8(2)10-4-9(6-13)5-12(16-10)17(3)7-11(14)15/h4-5,8,11H,6-7H2,1-3H3. The first kappa shape index (κ1) is 14.2. The van der Waals surface area contributed by atoms with Crippen molar-refractivity contribution in [3.05, 3.63) is 23.4 Å². The summed E-state index contributed by atoms with van der Waals surface area (Å²) < 4.78 is 24.6. The van der Waals surface area contributed by atoms with Crippen LogP contribution >= 0.6 is 11.6 Å². The molecule has 5 heteroatoms. The zero-order valence-corrected chi connectivity index (χ0v) is 11.0. The van der Waals surface area contributed by atoms with Gasteiger partial charge in [-0.15, -0.1) is 11.6 Å². The second-order valence-corrected chi connectivity index (χ2v) is 4.59. The third-order valence-corrected chi connectivity index (χ3v) is 2.75. The number of halogens is 3. The zero-order chi connectivity index (χ0) is 13.0. The summed E-state index contributed by atoms with van der Waals surface area (Å²) in [5, 5.41) is 0. The van der Waals surface area contributed by atoms with Crippen LogP contribution in [0.15, 0.2) is 12.1 Å². The molecule has 1 aromatic rings. The Hall–Kier alpha value is -0.900. The SMILES string of the molecule is CC(C)c1cc(CCl)cc(N(C)CC(F)F)n1. The fraction of sp³-hybridized carbons (Fsp3) is 0.583. The lowest BCUT2D eigenvalue weighted by molar-refractivity contribution is 0.156. The third-order valence-electron chi connectivity index (χ3n) is 2.44. The average Bonchev–Trinajstić information content (AvgIpc) is 2.27. The molecular formula is C12H17ClF2N2. The Labute approximate surface area is 106 Å². The predicted octanol–water partition coefficient (Wildman–Crippen LogP) is 3.65. The first-order valence-corrected chi connectivity index (χ1v) is 6.03. The lowest BCUT2D eigenvalue weighted by Crippen LogP contribution is -2.25. The molecule has 1 rings (SSSR count). The van der Waals surface area contributed by atoms with E-state index in [1.807, 2.05) is 19.9 Å². The van der Waals surface area contributed by atoms with Crippen molar-refractivity contribution in [3.63, 3.8) is 0 Å². The Morgan fingerprint density at radius 1 is 1.35 bits per heavy atom. The Bertz CT molecular complexity index is 370. The van der Waals surface area contributed by atoms with Crippen molar-refractivity contribution < 1.29 is 8.78 Å². The lowest BCUT2D eigenvalue weighted by atomic mass is 10.1. The maximum Gasteiger partial charge on any atom is 0.255 e. The quantitative estimate of drug-likeness (QED) is 0.753. The largest absolute Gasteiger partial charge is 0.354 e. The van der Waals surface area contributed by atoms with E-state index in [1.165, 1.54) is 4.90 Å². The maximum atomic E-state index is 12.3. The highest BCUT2D eigenvalue weighted by molar-refractivity contribution is 6.17. The van der Waals surface area contributed by atoms with Gasteiger partial charge in [0.25, 0.3) is 6.43 Å². The molecule has 0 aliphatic rings. The van der Waals surface area contributed by atoms with Gasteiger partial charge in [0, 0.05) is 18.6 Å². The zero-order valence-electron chi connectivity index (χ0n) is 10.3. The number of pyridine rings is 1. The van der Waals surface area contributed by atoms with E-state index in [1.54, 1.807) is 13.1 Å². The van der Waals surface area contributed by atoms with Crippen molar-refractivity contribution in [2.45, 2.75) is 32.1 Å². The van der Waals surface area contributed by atoms with Crippen LogP contribution in [0.4, 0.5) is 14.6 Å². The maximum absolute atomic E-state index is 12.3. The second-order valence-electron chi connectivity index (χ2n) is 4.32. The first-order chi connectivity index (χ1) is 7.93. The van der Waals surface area contributed by atoms with E-state index in [9.17, 15) is 8.78 Å². The van der Waals surface area contributed by atoms with Crippen LogP contribution in [-0.2, 0) is 5.88 Å². The van der Waals surface area contributed by atoms with Crippen LogP contribution < -0.4 is 4.90 Å². The van der Waals surface area contributed by atoms with Gasteiger partial charge in [0.05, 0.1) is 6.54 Å². The van der Waals surface area contributed by atoms with Crippen LogP contribution in [-0.4, -0.2) is 25.0 Å². The molecule has 0 saturated carbocycles. The Kier molecular flexibility index (Phi) is 5.12. The molecule has 0 bridgehead atoms. The highest BCUT2D eigenvalue weighted by Gasteiger charge is 2.12. The highest BCUT2D eigenvalue weighted by atomic mass is 35.5. The van der Waals surface area contributed by atoms with Crippen molar-refractivity contribution in [1.29, 1.82) is 0 Å². The van der Waals surface area contributed by atoms with Gasteiger partial charge < -0.3 is 4.90 Å². The van der Waals surface area contributed by atoms with Gasteiger partial charge in [-0.05, 0) is 23.6 Å². The number of rotatable bonds is 5. The lowest BCUT2D eigenvalue weighted by Gasteiger charge is -2.20. The summed E-state index contributed by atoms with van der Waals surface area (Å²) in [5.41, 5.74) is 1.78. The summed E-state index contributed by atoms with van der Waals surface area (Å²) in [4.78, 5) is 5.82. The van der Waals surface area contributed by atoms with Crippen LogP contribution in [0.1, 0.15) is 31.0 Å². The van der Waals surface area contributed by atoms with Crippen molar-refractivity contribution in [3.8, 4) is 0 Å². The van der Waals surface area contributed by atoms with Gasteiger partial charge in [0.1, 0.15) is 5.82 Å². The number of nitrogens with zero attached hydrogens (tertiary/aromatic N) is 2. The van der Waals surface area contributed by atoms with Crippen LogP contribution in [0.2, 0.25) is 0 Å². The van der Waals surface area contributed by atoms with E-state index in [2.05, 4.69) is 4.98 Å². The summed E-state index contributed by atoms with van der Waals surface area (Å²) in [6.07, 6.45) is -2.37. The molecule has 0 aliphatic carbocycles. The Balaban J connectivity index is 3.01. The summed E-state index contributed by atoms with van der Waals surface area (Å²) in [6, 6.07) is 3.67. The molecule has 0 saturated heterocycles. The molecule has 0 aliphatic heterocycles. The van der Waals surface area contributed by atoms with Crippen molar-refractivity contribution in [2.24, 2.45) is 0 Å². The second kappa shape index (κ2) is 6.15. The van der Waals surface area contributed by atoms with Gasteiger partial charge >= 0.3 is 0 Å². The normalized spacial score (nSPS) is 11.3. The minimum atomic E-state index is -2.37. The molecule has 0 N–H and O–H groups in total. The Morgan fingerprint density at radius 3 is 2.47 bits per heavy atom. The molecule has 0 unspecified atom stereocenters. The minimum absolute atomic E-state index is 0.247. The van der Waals surface area contributed by atoms with Crippen molar-refractivity contribution in [2.75, 3.05) is 18.5 Å². The molecule has 0 atom stereocenters. The molecule has 96 valence electrons. The fourth-order valence-electron chi connectivity index (χ4n) is 1.46. The van der Waals surface area contributed by atoms with Gasteiger partial charge in [0.15, 0.2) is 0 Å². The van der Waals surface area contributed by atoms with E-state index in [0.29, 0.717) is 11.7 Å². The van der Waals surface area contributed by atoms with Crippen LogP contribution in [0.25, 0.3) is 0 Å². The minimum Gasteiger partial charge on any atom is -0.354 e. The average molecular weight is 263 g/mol. The van der Waals surface area contributed by atoms with Gasteiger partial charge in [-0.3, -0.25) is 0 Å². The number of aromatic nitrogens is 1. The highest BCUT2D eigenvalue weighted by Crippen LogP contribution is 2.21. The summed E-state index contributed by atoms with van der Waals surface area (Å²) >= 11 is 5.79. The van der Waals surface area contributed by atoms with Crippen LogP contribution in [0.3, 0.4) is 0 Å². The molecule has 0 amide bonds. The summed E-state index contributed by atoms with van der Waals surface area (Å²) in [7, 11) is 1.61. The van der Waals surface area contributed by atoms with Gasteiger partial charge in [-0.2, -0.15) is 0 Å². The number of hydrogen-bond donors (Lipinski definition) is 0. The van der Waals surface area contributed by atoms with E-state index in [-0.39, 0.29) is 12.5 Å². The van der Waals surface area contributed by atoms with Gasteiger partial charge in [0.2, 0.25) is 0 Å². The van der Waals surface area contributed by atoms with Gasteiger partial charge in [-0.1, -0.05) is 13.8 Å². The molecule has 0 fully saturated rings. The fourth-order valence-corrected chi connectivity index (χ4v) is 1.62. The molecule has 0 aromatic carbocycles. The van der Waals surface area contributed by atoms with Gasteiger partial charge in [-0.25, -0.2) is 13.8 Å². The number of hydrogen-bond acceptors (Lipinski definition) is 2. The van der Waals surface area contributed by atoms with Crippen LogP contribution in [0, 0.1) is 0 Å². The summed E-state index contributed by atoms with van der Waals surface area (Å²) in [6.45, 7) is 3.70. The first-order valence-electron chi connectivity index (χ1n) is 5.50. The van der Waals surface area contributed by atoms with Crippen LogP contribution in [0.5, 0.6) is 0 Å². The van der Waals surface area contributed by atoms with Crippen molar-refractivity contribution >= 4 is 17.4 Å². The van der Waals surface area contributed by atoms with E-state index in [0.717, 1.165) is 11.3 Å². The number of anilines is 1. The molecule has 0 radical (unpaired) electrons. The monoisotopic (exact) mass is 262 g/mol. The molecule has 1 aromatic heterocycles. The molecule has 2 nitrogen and oxygen atoms in total. The molecular weight excluding hydrogens is 246 g/mol. The molecule has 1 heterocycles. The predicted molar refractivity (Wildman–Crippen MR) is 67.2 cm³/mol. The smallest absolute Gasteiger partial charge is 0.255 e. The van der Waals surface area contributed by atoms with E-state index >= 15 is 0 Å². The third kappa shape index (κ3) is 4.11. The molecule has 0 spiro atoms. The Morgan fingerprint density at radius 2 is 2.00 bits per heavy atom. The van der Waals surface area contributed by atoms with Crippen molar-refractivity contribution in [1.82, 2.24) is 4.98 Å². The number of alkyl halides is 3. The molecule has 17 heavy (non-hydrogen) atoms. The topological polar surface area (TPSA) is 16.1 Å².